The predicted molar refractivity (Wildman–Crippen MR) is 67.9 cm³/mol. The number of nitrogens with two attached hydrogens (primary N) is 1. The summed E-state index contributed by atoms with van der Waals surface area (Å²) >= 11 is 2.99. The molecule has 1 fully saturated rings. The van der Waals surface area contributed by atoms with Gasteiger partial charge < -0.3 is 10.8 Å². The Bertz CT molecular complexity index is 573. The largest absolute Gasteiger partial charge is 0.396 e. The summed E-state index contributed by atoms with van der Waals surface area (Å²) in [6, 6.07) is 1.79. The third kappa shape index (κ3) is 2.66. The summed E-state index contributed by atoms with van der Waals surface area (Å²) in [4.78, 5) is -0.109. The van der Waals surface area contributed by atoms with E-state index < -0.39 is 21.9 Å². The Balaban J connectivity index is 2.27. The summed E-state index contributed by atoms with van der Waals surface area (Å²) in [6.07, 6.45) is 0.306. The number of halogens is 2. The molecule has 1 aromatic carbocycles. The number of benzene rings is 1. The molecule has 0 spiro atoms. The van der Waals surface area contributed by atoms with Gasteiger partial charge in [0.1, 0.15) is 5.82 Å². The lowest BCUT2D eigenvalue weighted by Crippen LogP contribution is -2.46. The smallest absolute Gasteiger partial charge is 0.242 e. The van der Waals surface area contributed by atoms with E-state index in [9.17, 15) is 12.8 Å². The Morgan fingerprint density at radius 1 is 1.44 bits per heavy atom. The molecule has 0 bridgehead atoms. The summed E-state index contributed by atoms with van der Waals surface area (Å²) in [5.41, 5.74) is 5.13. The van der Waals surface area contributed by atoms with Crippen LogP contribution < -0.4 is 10.5 Å². The Kier molecular flexibility index (Phi) is 3.63. The normalized spacial score (nSPS) is 23.7. The molecule has 0 saturated heterocycles. The van der Waals surface area contributed by atoms with Gasteiger partial charge in [0, 0.05) is 10.5 Å². The van der Waals surface area contributed by atoms with Crippen LogP contribution in [0.4, 0.5) is 10.1 Å². The van der Waals surface area contributed by atoms with Crippen LogP contribution in [0.3, 0.4) is 0 Å². The number of hydrogen-bond donors (Lipinski definition) is 3. The zero-order valence-electron chi connectivity index (χ0n) is 9.23. The fraction of sp³-hybridized carbons (Fsp3) is 0.400. The second-order valence-corrected chi connectivity index (χ2v) is 6.78. The minimum absolute atomic E-state index is 0.109. The first-order valence-corrected chi connectivity index (χ1v) is 7.52. The van der Waals surface area contributed by atoms with Gasteiger partial charge in [-0.1, -0.05) is 0 Å². The maximum absolute atomic E-state index is 13.1. The number of aliphatic hydroxyl groups excluding tert-OH is 1. The van der Waals surface area contributed by atoms with Gasteiger partial charge in [-0.15, -0.1) is 0 Å². The zero-order valence-corrected chi connectivity index (χ0v) is 11.6. The highest BCUT2D eigenvalue weighted by atomic mass is 79.9. The highest BCUT2D eigenvalue weighted by Gasteiger charge is 2.32. The van der Waals surface area contributed by atoms with Crippen LogP contribution in [0.15, 0.2) is 21.5 Å². The van der Waals surface area contributed by atoms with E-state index >= 15 is 0 Å². The summed E-state index contributed by atoms with van der Waals surface area (Å²) in [7, 11) is -3.77. The van der Waals surface area contributed by atoms with Crippen LogP contribution in [0.25, 0.3) is 0 Å². The van der Waals surface area contributed by atoms with Crippen molar-refractivity contribution in [2.75, 3.05) is 5.73 Å². The van der Waals surface area contributed by atoms with Crippen LogP contribution in [0, 0.1) is 5.82 Å². The lowest BCUT2D eigenvalue weighted by Gasteiger charge is -2.31. The van der Waals surface area contributed by atoms with Gasteiger partial charge in [0.05, 0.1) is 16.7 Å². The molecule has 1 aromatic rings. The third-order valence-corrected chi connectivity index (χ3v) is 5.25. The van der Waals surface area contributed by atoms with Gasteiger partial charge in [0.15, 0.2) is 0 Å². The van der Waals surface area contributed by atoms with Gasteiger partial charge in [0.25, 0.3) is 0 Å². The fourth-order valence-electron chi connectivity index (χ4n) is 1.72. The standard InChI is InChI=1S/C10H12BrFN2O3S/c11-7-3-8(12)9(13)4-10(7)18(16,17)14-5-1-6(15)2-5/h3-6,14-15H,1-2,13H2. The van der Waals surface area contributed by atoms with Crippen molar-refractivity contribution in [3.8, 4) is 0 Å². The Labute approximate surface area is 112 Å². The third-order valence-electron chi connectivity index (χ3n) is 2.78. The molecule has 0 aromatic heterocycles. The van der Waals surface area contributed by atoms with Crippen LogP contribution in [-0.4, -0.2) is 25.7 Å². The van der Waals surface area contributed by atoms with E-state index in [2.05, 4.69) is 20.7 Å². The molecule has 0 aliphatic heterocycles. The number of rotatable bonds is 3. The van der Waals surface area contributed by atoms with E-state index in [1.54, 1.807) is 0 Å². The summed E-state index contributed by atoms with van der Waals surface area (Å²) in [5.74, 6) is -0.681. The van der Waals surface area contributed by atoms with Crippen molar-refractivity contribution < 1.29 is 17.9 Å². The first-order valence-electron chi connectivity index (χ1n) is 5.24. The van der Waals surface area contributed by atoms with E-state index in [1.807, 2.05) is 0 Å². The molecule has 2 rings (SSSR count). The molecular formula is C10H12BrFN2O3S. The van der Waals surface area contributed by atoms with Gasteiger partial charge in [-0.05, 0) is 40.9 Å². The van der Waals surface area contributed by atoms with E-state index in [1.165, 1.54) is 0 Å². The number of sulfonamides is 1. The molecule has 0 radical (unpaired) electrons. The Hall–Kier alpha value is -0.700. The number of aliphatic hydroxyl groups is 1. The van der Waals surface area contributed by atoms with Gasteiger partial charge in [-0.2, -0.15) is 0 Å². The lowest BCUT2D eigenvalue weighted by molar-refractivity contribution is 0.0712. The Morgan fingerprint density at radius 3 is 2.61 bits per heavy atom. The summed E-state index contributed by atoms with van der Waals surface area (Å²) in [6.45, 7) is 0. The highest BCUT2D eigenvalue weighted by molar-refractivity contribution is 9.10. The average molecular weight is 339 g/mol. The quantitative estimate of drug-likeness (QED) is 0.716. The molecule has 0 unspecified atom stereocenters. The zero-order chi connectivity index (χ0) is 13.5. The Morgan fingerprint density at radius 2 is 2.06 bits per heavy atom. The van der Waals surface area contributed by atoms with Crippen molar-refractivity contribution in [2.24, 2.45) is 0 Å². The van der Waals surface area contributed by atoms with Gasteiger partial charge in [-0.25, -0.2) is 17.5 Å². The molecule has 8 heteroatoms. The van der Waals surface area contributed by atoms with Crippen molar-refractivity contribution in [1.29, 1.82) is 0 Å². The van der Waals surface area contributed by atoms with E-state index in [0.717, 1.165) is 12.1 Å². The molecule has 0 atom stereocenters. The highest BCUT2D eigenvalue weighted by Crippen LogP contribution is 2.28. The van der Waals surface area contributed by atoms with Crippen LogP contribution in [-0.2, 0) is 10.0 Å². The minimum atomic E-state index is -3.77. The van der Waals surface area contributed by atoms with Crippen molar-refractivity contribution >= 4 is 31.6 Å². The predicted octanol–water partition coefficient (Wildman–Crippen LogP) is 0.972. The average Bonchev–Trinajstić information content (AvgIpc) is 2.20. The molecular weight excluding hydrogens is 327 g/mol. The van der Waals surface area contributed by atoms with Crippen LogP contribution >= 0.6 is 15.9 Å². The van der Waals surface area contributed by atoms with Crippen LogP contribution in [0.5, 0.6) is 0 Å². The minimum Gasteiger partial charge on any atom is -0.396 e. The first kappa shape index (κ1) is 13.7. The molecule has 100 valence electrons. The van der Waals surface area contributed by atoms with Crippen molar-refractivity contribution in [1.82, 2.24) is 4.72 Å². The number of nitrogen functional groups attached to an aromatic ring is 1. The van der Waals surface area contributed by atoms with Crippen molar-refractivity contribution in [3.05, 3.63) is 22.4 Å². The SMILES string of the molecule is Nc1cc(S(=O)(=O)NC2CC(O)C2)c(Br)cc1F. The van der Waals surface area contributed by atoms with E-state index in [0.29, 0.717) is 12.8 Å². The second-order valence-electron chi connectivity index (χ2n) is 4.25. The molecule has 4 N–H and O–H groups in total. The van der Waals surface area contributed by atoms with Gasteiger partial charge in [-0.3, -0.25) is 0 Å². The second kappa shape index (κ2) is 4.76. The monoisotopic (exact) mass is 338 g/mol. The fourth-order valence-corrected chi connectivity index (χ4v) is 4.03. The van der Waals surface area contributed by atoms with Crippen molar-refractivity contribution in [3.63, 3.8) is 0 Å². The molecule has 1 aliphatic carbocycles. The number of hydrogen-bond acceptors (Lipinski definition) is 4. The van der Waals surface area contributed by atoms with Crippen molar-refractivity contribution in [2.45, 2.75) is 29.9 Å². The maximum Gasteiger partial charge on any atom is 0.242 e. The summed E-state index contributed by atoms with van der Waals surface area (Å²) in [5, 5.41) is 9.11. The molecule has 0 amide bonds. The molecule has 5 nitrogen and oxygen atoms in total. The molecule has 0 heterocycles. The molecule has 1 aliphatic rings. The van der Waals surface area contributed by atoms with E-state index in [-0.39, 0.29) is 21.1 Å². The van der Waals surface area contributed by atoms with Gasteiger partial charge in [0.2, 0.25) is 10.0 Å². The topological polar surface area (TPSA) is 92.4 Å². The number of nitrogens with one attached hydrogen (secondary N) is 1. The lowest BCUT2D eigenvalue weighted by atomic mass is 9.91. The van der Waals surface area contributed by atoms with Gasteiger partial charge >= 0.3 is 0 Å². The van der Waals surface area contributed by atoms with E-state index in [4.69, 9.17) is 10.8 Å². The first-order chi connectivity index (χ1) is 8.29. The molecule has 18 heavy (non-hydrogen) atoms. The summed E-state index contributed by atoms with van der Waals surface area (Å²) < 4.78 is 39.7. The number of anilines is 1. The molecule has 1 saturated carbocycles. The maximum atomic E-state index is 13.1. The van der Waals surface area contributed by atoms with Crippen LogP contribution in [0.2, 0.25) is 0 Å². The van der Waals surface area contributed by atoms with Crippen LogP contribution in [0.1, 0.15) is 12.8 Å².